The van der Waals surface area contributed by atoms with Gasteiger partial charge in [0, 0.05) is 0 Å². The predicted molar refractivity (Wildman–Crippen MR) is 125 cm³/mol. The van der Waals surface area contributed by atoms with E-state index in [-0.39, 0.29) is 30.0 Å². The summed E-state index contributed by atoms with van der Waals surface area (Å²) >= 11 is 0. The number of para-hydroxylation sites is 2. The molecule has 3 aromatic carbocycles. The van der Waals surface area contributed by atoms with Crippen LogP contribution in [0.5, 0.6) is 17.2 Å². The van der Waals surface area contributed by atoms with E-state index in [0.717, 1.165) is 4.90 Å². The van der Waals surface area contributed by atoms with Crippen LogP contribution in [0.15, 0.2) is 60.7 Å². The minimum atomic E-state index is -0.803. The van der Waals surface area contributed by atoms with E-state index in [4.69, 9.17) is 18.9 Å². The van der Waals surface area contributed by atoms with E-state index in [9.17, 15) is 19.2 Å². The first kappa shape index (κ1) is 22.9. The third-order valence-electron chi connectivity index (χ3n) is 5.70. The van der Waals surface area contributed by atoms with Gasteiger partial charge in [0.1, 0.15) is 5.75 Å². The molecule has 0 aliphatic carbocycles. The summed E-state index contributed by atoms with van der Waals surface area (Å²) < 4.78 is 20.9. The van der Waals surface area contributed by atoms with Crippen molar-refractivity contribution < 1.29 is 38.1 Å². The molecule has 0 bridgehead atoms. The number of ether oxygens (including phenoxy) is 4. The van der Waals surface area contributed by atoms with Gasteiger partial charge in [0.05, 0.1) is 36.0 Å². The van der Waals surface area contributed by atoms with Crippen molar-refractivity contribution in [3.05, 3.63) is 82.9 Å². The number of rotatable bonds is 7. The lowest BCUT2D eigenvalue weighted by Crippen LogP contribution is -2.29. The zero-order chi connectivity index (χ0) is 25.2. The maximum atomic E-state index is 13.0. The molecule has 2 aliphatic rings. The van der Waals surface area contributed by atoms with Crippen molar-refractivity contribution in [3.63, 3.8) is 0 Å². The topological polar surface area (TPSA) is 120 Å². The Bertz CT molecular complexity index is 1400. The highest BCUT2D eigenvalue weighted by atomic mass is 16.7. The third kappa shape index (κ3) is 4.31. The van der Waals surface area contributed by atoms with Crippen molar-refractivity contribution >= 4 is 29.4 Å². The molecule has 0 saturated carbocycles. The Labute approximate surface area is 205 Å². The van der Waals surface area contributed by atoms with Crippen LogP contribution in [0.25, 0.3) is 0 Å². The molecule has 10 nitrogen and oxygen atoms in total. The molecule has 1 N–H and O–H groups in total. The minimum Gasteiger partial charge on any atom is -0.495 e. The van der Waals surface area contributed by atoms with Crippen molar-refractivity contribution in [3.8, 4) is 17.2 Å². The second-order valence-corrected chi connectivity index (χ2v) is 7.97. The molecule has 0 spiro atoms. The van der Waals surface area contributed by atoms with Crippen LogP contribution in [0.3, 0.4) is 0 Å². The Balaban J connectivity index is 1.24. The Hall–Kier alpha value is -4.86. The van der Waals surface area contributed by atoms with Crippen LogP contribution in [0.4, 0.5) is 5.69 Å². The van der Waals surface area contributed by atoms with Crippen molar-refractivity contribution in [2.75, 3.05) is 25.8 Å². The Morgan fingerprint density at radius 3 is 2.56 bits per heavy atom. The molecule has 10 heteroatoms. The number of amides is 3. The summed E-state index contributed by atoms with van der Waals surface area (Å²) in [6.07, 6.45) is 0. The molecule has 3 aromatic rings. The first-order chi connectivity index (χ1) is 17.4. The largest absolute Gasteiger partial charge is 0.495 e. The Morgan fingerprint density at radius 1 is 0.944 bits per heavy atom. The molecule has 0 fully saturated rings. The van der Waals surface area contributed by atoms with Crippen LogP contribution < -0.4 is 19.5 Å². The lowest BCUT2D eigenvalue weighted by Gasteiger charge is -2.14. The number of carbonyl (C=O) groups excluding carboxylic acids is 4. The molecule has 2 heterocycles. The number of hydrogen-bond acceptors (Lipinski definition) is 8. The van der Waals surface area contributed by atoms with Crippen LogP contribution in [-0.4, -0.2) is 49.1 Å². The second kappa shape index (κ2) is 9.41. The predicted octanol–water partition coefficient (Wildman–Crippen LogP) is 3.02. The van der Waals surface area contributed by atoms with E-state index in [1.165, 1.54) is 25.3 Å². The SMILES string of the molecule is COc1ccccc1NC(=O)COC(=O)c1ccc2c(c1)C(=O)N(Cc1ccc3c(c1)OCO3)C2=O. The highest BCUT2D eigenvalue weighted by Crippen LogP contribution is 2.34. The van der Waals surface area contributed by atoms with Crippen molar-refractivity contribution in [1.82, 2.24) is 4.90 Å². The highest BCUT2D eigenvalue weighted by Gasteiger charge is 2.36. The number of benzene rings is 3. The number of imide groups is 1. The first-order valence-corrected chi connectivity index (χ1v) is 10.9. The van der Waals surface area contributed by atoms with Gasteiger partial charge >= 0.3 is 5.97 Å². The maximum Gasteiger partial charge on any atom is 0.338 e. The van der Waals surface area contributed by atoms with Crippen molar-refractivity contribution in [2.24, 2.45) is 0 Å². The van der Waals surface area contributed by atoms with Crippen LogP contribution in [-0.2, 0) is 16.1 Å². The standard InChI is InChI=1S/C26H20N2O8/c1-33-20-5-3-2-4-19(20)27-23(29)13-34-26(32)16-7-8-17-18(11-16)25(31)28(24(17)30)12-15-6-9-21-22(10-15)36-14-35-21/h2-11H,12-14H2,1H3,(H,27,29). The summed E-state index contributed by atoms with van der Waals surface area (Å²) in [5.74, 6) is -0.758. The molecule has 3 amide bonds. The van der Waals surface area contributed by atoms with E-state index >= 15 is 0 Å². The van der Waals surface area contributed by atoms with Gasteiger partial charge in [-0.25, -0.2) is 4.79 Å². The van der Waals surface area contributed by atoms with E-state index < -0.39 is 30.3 Å². The third-order valence-corrected chi connectivity index (χ3v) is 5.70. The van der Waals surface area contributed by atoms with Crippen LogP contribution in [0.2, 0.25) is 0 Å². The van der Waals surface area contributed by atoms with Gasteiger partial charge in [0.25, 0.3) is 17.7 Å². The zero-order valence-corrected chi connectivity index (χ0v) is 19.1. The monoisotopic (exact) mass is 488 g/mol. The fraction of sp³-hybridized carbons (Fsp3) is 0.154. The van der Waals surface area contributed by atoms with E-state index in [2.05, 4.69) is 5.32 Å². The van der Waals surface area contributed by atoms with Gasteiger partial charge in [0.15, 0.2) is 18.1 Å². The smallest absolute Gasteiger partial charge is 0.338 e. The lowest BCUT2D eigenvalue weighted by molar-refractivity contribution is -0.119. The summed E-state index contributed by atoms with van der Waals surface area (Å²) in [4.78, 5) is 51.7. The number of carbonyl (C=O) groups is 4. The van der Waals surface area contributed by atoms with Gasteiger partial charge in [-0.3, -0.25) is 19.3 Å². The molecule has 182 valence electrons. The van der Waals surface area contributed by atoms with Gasteiger partial charge in [0.2, 0.25) is 6.79 Å². The molecule has 36 heavy (non-hydrogen) atoms. The molecule has 0 atom stereocenters. The molecule has 5 rings (SSSR count). The molecule has 0 radical (unpaired) electrons. The summed E-state index contributed by atoms with van der Waals surface area (Å²) in [5.41, 5.74) is 1.45. The number of hydrogen-bond donors (Lipinski definition) is 1. The van der Waals surface area contributed by atoms with Crippen molar-refractivity contribution in [1.29, 1.82) is 0 Å². The summed E-state index contributed by atoms with van der Waals surface area (Å²) in [6, 6.07) is 16.1. The fourth-order valence-corrected chi connectivity index (χ4v) is 3.93. The summed E-state index contributed by atoms with van der Waals surface area (Å²) in [5, 5.41) is 2.60. The molecular formula is C26H20N2O8. The van der Waals surface area contributed by atoms with E-state index in [1.54, 1.807) is 42.5 Å². The minimum absolute atomic E-state index is 0.0336. The first-order valence-electron chi connectivity index (χ1n) is 10.9. The fourth-order valence-electron chi connectivity index (χ4n) is 3.93. The maximum absolute atomic E-state index is 13.0. The molecule has 0 saturated heterocycles. The molecule has 0 aromatic heterocycles. The lowest BCUT2D eigenvalue weighted by atomic mass is 10.1. The summed E-state index contributed by atoms with van der Waals surface area (Å²) in [7, 11) is 1.47. The average molecular weight is 488 g/mol. The Morgan fingerprint density at radius 2 is 1.72 bits per heavy atom. The average Bonchev–Trinajstić information content (AvgIpc) is 3.45. The number of nitrogens with one attached hydrogen (secondary N) is 1. The molecule has 2 aliphatic heterocycles. The van der Waals surface area contributed by atoms with Gasteiger partial charge in [-0.05, 0) is 48.0 Å². The normalized spacial score (nSPS) is 13.4. The second-order valence-electron chi connectivity index (χ2n) is 7.97. The molecule has 0 unspecified atom stereocenters. The van der Waals surface area contributed by atoms with Crippen LogP contribution >= 0.6 is 0 Å². The summed E-state index contributed by atoms with van der Waals surface area (Å²) in [6.45, 7) is -0.393. The Kier molecular flexibility index (Phi) is 5.99. The van der Waals surface area contributed by atoms with Gasteiger partial charge in [-0.15, -0.1) is 0 Å². The highest BCUT2D eigenvalue weighted by molar-refractivity contribution is 6.21. The van der Waals surface area contributed by atoms with Crippen LogP contribution in [0.1, 0.15) is 36.6 Å². The quantitative estimate of drug-likeness (QED) is 0.398. The van der Waals surface area contributed by atoms with Gasteiger partial charge in [-0.2, -0.15) is 0 Å². The number of fused-ring (bicyclic) bond motifs is 2. The van der Waals surface area contributed by atoms with Crippen molar-refractivity contribution in [2.45, 2.75) is 6.54 Å². The van der Waals surface area contributed by atoms with Gasteiger partial charge < -0.3 is 24.3 Å². The number of anilines is 1. The van der Waals surface area contributed by atoms with E-state index in [1.807, 2.05) is 0 Å². The number of nitrogens with zero attached hydrogens (tertiary/aromatic N) is 1. The molecular weight excluding hydrogens is 468 g/mol. The number of methoxy groups -OCH3 is 1. The zero-order valence-electron chi connectivity index (χ0n) is 19.1. The van der Waals surface area contributed by atoms with E-state index in [0.29, 0.717) is 28.5 Å². The van der Waals surface area contributed by atoms with Gasteiger partial charge in [-0.1, -0.05) is 18.2 Å². The number of esters is 1. The van der Waals surface area contributed by atoms with Crippen LogP contribution in [0, 0.1) is 0 Å².